The van der Waals surface area contributed by atoms with Crippen molar-refractivity contribution in [3.8, 4) is 0 Å². The highest BCUT2D eigenvalue weighted by atomic mass is 35.5. The fourth-order valence-corrected chi connectivity index (χ4v) is 2.28. The van der Waals surface area contributed by atoms with Crippen LogP contribution in [0.25, 0.3) is 0 Å². The molecule has 0 spiro atoms. The molecule has 122 valence electrons. The fourth-order valence-electron chi connectivity index (χ4n) is 2.10. The quantitative estimate of drug-likeness (QED) is 0.863. The third-order valence-electron chi connectivity index (χ3n) is 3.58. The van der Waals surface area contributed by atoms with Crippen LogP contribution >= 0.6 is 11.6 Å². The number of carbonyl (C=O) groups is 1. The molecule has 6 heteroatoms. The van der Waals surface area contributed by atoms with Gasteiger partial charge >= 0.3 is 0 Å². The Hall–Kier alpha value is -1.98. The van der Waals surface area contributed by atoms with Crippen molar-refractivity contribution in [1.29, 1.82) is 0 Å². The zero-order valence-electron chi connectivity index (χ0n) is 12.9. The molecular formula is C17H18ClF2N2O+. The van der Waals surface area contributed by atoms with Gasteiger partial charge in [-0.25, -0.2) is 8.78 Å². The summed E-state index contributed by atoms with van der Waals surface area (Å²) in [4.78, 5) is 11.9. The van der Waals surface area contributed by atoms with Crippen molar-refractivity contribution in [2.75, 3.05) is 11.9 Å². The largest absolute Gasteiger partial charge is 0.333 e. The fraction of sp³-hybridized carbons (Fsp3) is 0.235. The first-order chi connectivity index (χ1) is 10.9. The monoisotopic (exact) mass is 339 g/mol. The number of nitrogens with two attached hydrogens (primary N) is 1. The summed E-state index contributed by atoms with van der Waals surface area (Å²) >= 11 is 6.01. The molecule has 1 atom stereocenters. The van der Waals surface area contributed by atoms with Gasteiger partial charge in [-0.05, 0) is 49.7 Å². The Bertz CT molecular complexity index is 722. The van der Waals surface area contributed by atoms with Crippen LogP contribution in [-0.4, -0.2) is 12.5 Å². The molecule has 1 amide bonds. The highest BCUT2D eigenvalue weighted by Crippen LogP contribution is 2.19. The van der Waals surface area contributed by atoms with Crippen molar-refractivity contribution >= 4 is 23.2 Å². The molecule has 23 heavy (non-hydrogen) atoms. The van der Waals surface area contributed by atoms with Gasteiger partial charge in [-0.1, -0.05) is 17.7 Å². The van der Waals surface area contributed by atoms with E-state index in [1.807, 2.05) is 19.9 Å². The Labute approximate surface area is 138 Å². The lowest BCUT2D eigenvalue weighted by atomic mass is 10.1. The number of quaternary nitrogens is 1. The molecule has 2 aromatic carbocycles. The maximum absolute atomic E-state index is 13.2. The maximum Gasteiger partial charge on any atom is 0.279 e. The van der Waals surface area contributed by atoms with E-state index in [9.17, 15) is 13.6 Å². The molecule has 0 aliphatic heterocycles. The van der Waals surface area contributed by atoms with Gasteiger partial charge in [-0.2, -0.15) is 0 Å². The lowest BCUT2D eigenvalue weighted by molar-refractivity contribution is -0.682. The first-order valence-electron chi connectivity index (χ1n) is 7.21. The van der Waals surface area contributed by atoms with Crippen molar-refractivity contribution in [2.45, 2.75) is 19.9 Å². The maximum atomic E-state index is 13.2. The zero-order valence-corrected chi connectivity index (χ0v) is 13.6. The SMILES string of the molecule is Cc1ccc(NC(=O)C[NH2+][C@@H](C)c2ccc(F)c(F)c2)cc1Cl. The summed E-state index contributed by atoms with van der Waals surface area (Å²) in [5, 5.41) is 5.08. The number of rotatable bonds is 5. The molecule has 0 aromatic heterocycles. The minimum absolute atomic E-state index is 0.158. The summed E-state index contributed by atoms with van der Waals surface area (Å²) in [5.74, 6) is -1.96. The predicted molar refractivity (Wildman–Crippen MR) is 86.4 cm³/mol. The number of anilines is 1. The molecule has 0 fully saturated rings. The van der Waals surface area contributed by atoms with Gasteiger partial charge in [0.05, 0.1) is 0 Å². The molecule has 3 nitrogen and oxygen atoms in total. The van der Waals surface area contributed by atoms with Crippen molar-refractivity contribution in [2.24, 2.45) is 0 Å². The van der Waals surface area contributed by atoms with Gasteiger partial charge in [-0.3, -0.25) is 4.79 Å². The number of carbonyl (C=O) groups excluding carboxylic acids is 1. The van der Waals surface area contributed by atoms with E-state index in [0.29, 0.717) is 16.3 Å². The molecule has 0 aliphatic rings. The molecule has 0 saturated heterocycles. The molecule has 2 rings (SSSR count). The molecule has 0 bridgehead atoms. The van der Waals surface area contributed by atoms with Crippen molar-refractivity contribution in [1.82, 2.24) is 0 Å². The Morgan fingerprint density at radius 3 is 2.61 bits per heavy atom. The first kappa shape index (κ1) is 17.4. The van der Waals surface area contributed by atoms with Crippen LogP contribution in [0.4, 0.5) is 14.5 Å². The van der Waals surface area contributed by atoms with Crippen LogP contribution in [0, 0.1) is 18.6 Å². The highest BCUT2D eigenvalue weighted by molar-refractivity contribution is 6.31. The second-order valence-electron chi connectivity index (χ2n) is 5.41. The van der Waals surface area contributed by atoms with E-state index in [1.165, 1.54) is 6.07 Å². The standard InChI is InChI=1S/C17H17ClF2N2O/c1-10-3-5-13(8-14(10)18)22-17(23)9-21-11(2)12-4-6-15(19)16(20)7-12/h3-8,11,21H,9H2,1-2H3,(H,22,23)/p+1/t11-/m0/s1. The third kappa shape index (κ3) is 4.74. The van der Waals surface area contributed by atoms with Gasteiger partial charge in [0.25, 0.3) is 5.91 Å². The highest BCUT2D eigenvalue weighted by Gasteiger charge is 2.14. The summed E-state index contributed by atoms with van der Waals surface area (Å²) in [6, 6.07) is 8.86. The predicted octanol–water partition coefficient (Wildman–Crippen LogP) is 3.19. The molecule has 2 aromatic rings. The van der Waals surface area contributed by atoms with E-state index in [1.54, 1.807) is 17.4 Å². The summed E-state index contributed by atoms with van der Waals surface area (Å²) < 4.78 is 26.1. The molecule has 3 N–H and O–H groups in total. The van der Waals surface area contributed by atoms with Gasteiger partial charge in [0, 0.05) is 16.3 Å². The van der Waals surface area contributed by atoms with Gasteiger partial charge < -0.3 is 10.6 Å². The summed E-state index contributed by atoms with van der Waals surface area (Å²) in [6.45, 7) is 3.86. The average Bonchev–Trinajstić information content (AvgIpc) is 2.51. The normalized spacial score (nSPS) is 12.0. The van der Waals surface area contributed by atoms with Crippen LogP contribution in [0.2, 0.25) is 5.02 Å². The van der Waals surface area contributed by atoms with Gasteiger partial charge in [-0.15, -0.1) is 0 Å². The average molecular weight is 340 g/mol. The van der Waals surface area contributed by atoms with Crippen LogP contribution < -0.4 is 10.6 Å². The van der Waals surface area contributed by atoms with Gasteiger partial charge in [0.15, 0.2) is 18.2 Å². The Balaban J connectivity index is 1.90. The number of halogens is 3. The number of aryl methyl sites for hydroxylation is 1. The summed E-state index contributed by atoms with van der Waals surface area (Å²) in [5.41, 5.74) is 2.18. The van der Waals surface area contributed by atoms with E-state index in [4.69, 9.17) is 11.6 Å². The Kier molecular flexibility index (Phi) is 5.69. The van der Waals surface area contributed by atoms with Crippen molar-refractivity contribution in [3.05, 3.63) is 64.2 Å². The minimum atomic E-state index is -0.888. The van der Waals surface area contributed by atoms with Gasteiger partial charge in [0.2, 0.25) is 0 Å². The second kappa shape index (κ2) is 7.53. The molecule has 0 heterocycles. The lowest BCUT2D eigenvalue weighted by Crippen LogP contribution is -2.86. The summed E-state index contributed by atoms with van der Waals surface area (Å²) in [7, 11) is 0. The molecule has 0 unspecified atom stereocenters. The Morgan fingerprint density at radius 2 is 1.96 bits per heavy atom. The lowest BCUT2D eigenvalue weighted by Gasteiger charge is -2.12. The number of amides is 1. The number of hydrogen-bond donors (Lipinski definition) is 2. The first-order valence-corrected chi connectivity index (χ1v) is 7.59. The minimum Gasteiger partial charge on any atom is -0.333 e. The zero-order chi connectivity index (χ0) is 17.0. The molecular weight excluding hydrogens is 322 g/mol. The van der Waals surface area contributed by atoms with E-state index in [-0.39, 0.29) is 18.5 Å². The second-order valence-corrected chi connectivity index (χ2v) is 5.82. The van der Waals surface area contributed by atoms with E-state index >= 15 is 0 Å². The number of benzene rings is 2. The van der Waals surface area contributed by atoms with Crippen LogP contribution in [0.3, 0.4) is 0 Å². The number of hydrogen-bond acceptors (Lipinski definition) is 1. The summed E-state index contributed by atoms with van der Waals surface area (Å²) in [6.07, 6.45) is 0. The van der Waals surface area contributed by atoms with Crippen LogP contribution in [-0.2, 0) is 4.79 Å². The van der Waals surface area contributed by atoms with Crippen LogP contribution in [0.5, 0.6) is 0 Å². The van der Waals surface area contributed by atoms with Crippen molar-refractivity contribution in [3.63, 3.8) is 0 Å². The smallest absolute Gasteiger partial charge is 0.279 e. The van der Waals surface area contributed by atoms with E-state index < -0.39 is 11.6 Å². The number of nitrogens with one attached hydrogen (secondary N) is 1. The van der Waals surface area contributed by atoms with Crippen molar-refractivity contribution < 1.29 is 18.9 Å². The van der Waals surface area contributed by atoms with E-state index in [0.717, 1.165) is 17.7 Å². The van der Waals surface area contributed by atoms with Crippen LogP contribution in [0.1, 0.15) is 24.1 Å². The molecule has 0 aliphatic carbocycles. The van der Waals surface area contributed by atoms with Gasteiger partial charge in [0.1, 0.15) is 6.04 Å². The molecule has 0 radical (unpaired) electrons. The van der Waals surface area contributed by atoms with E-state index in [2.05, 4.69) is 5.32 Å². The Morgan fingerprint density at radius 1 is 1.22 bits per heavy atom. The topological polar surface area (TPSA) is 45.7 Å². The molecule has 0 saturated carbocycles. The third-order valence-corrected chi connectivity index (χ3v) is 3.99. The van der Waals surface area contributed by atoms with Crippen LogP contribution in [0.15, 0.2) is 36.4 Å².